The molecule has 1 unspecified atom stereocenters. The summed E-state index contributed by atoms with van der Waals surface area (Å²) in [6, 6.07) is 20.6. The largest absolute Gasteiger partial charge is 0.368 e. The van der Waals surface area contributed by atoms with E-state index in [0.29, 0.717) is 6.54 Å². The summed E-state index contributed by atoms with van der Waals surface area (Å²) in [7, 11) is 0. The predicted molar refractivity (Wildman–Crippen MR) is 124 cm³/mol. The van der Waals surface area contributed by atoms with Gasteiger partial charge in [-0.2, -0.15) is 0 Å². The molecule has 4 rings (SSSR count). The number of aromatic nitrogens is 2. The van der Waals surface area contributed by atoms with E-state index >= 15 is 0 Å². The van der Waals surface area contributed by atoms with E-state index in [1.165, 1.54) is 34.3 Å². The molecular formula is C22H25N5OS2. The number of benzene rings is 2. The first-order valence-electron chi connectivity index (χ1n) is 10.1. The maximum absolute atomic E-state index is 12.9. The molecule has 30 heavy (non-hydrogen) atoms. The highest BCUT2D eigenvalue weighted by atomic mass is 32.2. The Bertz CT molecular complexity index is 942. The van der Waals surface area contributed by atoms with Crippen LogP contribution >= 0.6 is 23.1 Å². The second-order valence-corrected chi connectivity index (χ2v) is 9.69. The van der Waals surface area contributed by atoms with Gasteiger partial charge in [0.25, 0.3) is 0 Å². The standard InChI is InChI=1S/C22H25N5OS2/c1-17(20(28)27-14-12-26(13-15-27)19-10-6-3-7-11-19)29-22-25-24-21(30-22)23-16-18-8-4-2-5-9-18/h2-11,17H,12-16H2,1H3,(H,23,24). The molecule has 0 bridgehead atoms. The number of carbonyl (C=O) groups excluding carboxylic acids is 1. The van der Waals surface area contributed by atoms with Crippen LogP contribution in [-0.4, -0.2) is 52.4 Å². The fourth-order valence-corrected chi connectivity index (χ4v) is 5.36. The normalized spacial score (nSPS) is 15.1. The van der Waals surface area contributed by atoms with E-state index in [0.717, 1.165) is 35.7 Å². The van der Waals surface area contributed by atoms with Gasteiger partial charge in [0.15, 0.2) is 4.34 Å². The Balaban J connectivity index is 1.25. The quantitative estimate of drug-likeness (QED) is 0.562. The minimum Gasteiger partial charge on any atom is -0.368 e. The molecule has 8 heteroatoms. The first kappa shape index (κ1) is 20.7. The molecule has 2 heterocycles. The molecule has 2 aromatic carbocycles. The molecule has 1 N–H and O–H groups in total. The highest BCUT2D eigenvalue weighted by molar-refractivity contribution is 8.02. The predicted octanol–water partition coefficient (Wildman–Crippen LogP) is 3.98. The summed E-state index contributed by atoms with van der Waals surface area (Å²) in [5.41, 5.74) is 2.41. The molecule has 1 saturated heterocycles. The Morgan fingerprint density at radius 2 is 1.70 bits per heavy atom. The number of nitrogens with zero attached hydrogens (tertiary/aromatic N) is 4. The average molecular weight is 440 g/mol. The van der Waals surface area contributed by atoms with Gasteiger partial charge in [-0.3, -0.25) is 4.79 Å². The Kier molecular flexibility index (Phi) is 6.86. The Labute approximate surface area is 185 Å². The monoisotopic (exact) mass is 439 g/mol. The summed E-state index contributed by atoms with van der Waals surface area (Å²) >= 11 is 2.98. The number of anilines is 2. The first-order valence-corrected chi connectivity index (χ1v) is 11.8. The molecule has 0 saturated carbocycles. The van der Waals surface area contributed by atoms with Crippen LogP contribution in [0.4, 0.5) is 10.8 Å². The smallest absolute Gasteiger partial charge is 0.235 e. The van der Waals surface area contributed by atoms with Crippen molar-refractivity contribution in [3.8, 4) is 0 Å². The van der Waals surface area contributed by atoms with Crippen molar-refractivity contribution in [1.29, 1.82) is 0 Å². The summed E-state index contributed by atoms with van der Waals surface area (Å²) < 4.78 is 0.814. The number of thioether (sulfide) groups is 1. The summed E-state index contributed by atoms with van der Waals surface area (Å²) in [6.07, 6.45) is 0. The van der Waals surface area contributed by atoms with E-state index in [9.17, 15) is 4.79 Å². The molecule has 6 nitrogen and oxygen atoms in total. The van der Waals surface area contributed by atoms with Crippen LogP contribution in [0.25, 0.3) is 0 Å². The Morgan fingerprint density at radius 1 is 1.03 bits per heavy atom. The molecular weight excluding hydrogens is 414 g/mol. The van der Waals surface area contributed by atoms with Gasteiger partial charge in [-0.1, -0.05) is 71.6 Å². The van der Waals surface area contributed by atoms with E-state index in [-0.39, 0.29) is 11.2 Å². The number of para-hydroxylation sites is 1. The zero-order valence-electron chi connectivity index (χ0n) is 16.9. The van der Waals surface area contributed by atoms with Gasteiger partial charge in [0.1, 0.15) is 0 Å². The second-order valence-electron chi connectivity index (χ2n) is 7.12. The zero-order valence-corrected chi connectivity index (χ0v) is 18.5. The summed E-state index contributed by atoms with van der Waals surface area (Å²) in [5.74, 6) is 0.168. The van der Waals surface area contributed by atoms with Gasteiger partial charge in [-0.05, 0) is 24.6 Å². The number of nitrogens with one attached hydrogen (secondary N) is 1. The van der Waals surface area contributed by atoms with E-state index in [2.05, 4.69) is 56.8 Å². The number of hydrogen-bond acceptors (Lipinski definition) is 7. The molecule has 1 aliphatic rings. The molecule has 1 fully saturated rings. The SMILES string of the molecule is CC(Sc1nnc(NCc2ccccc2)s1)C(=O)N1CCN(c2ccccc2)CC1. The highest BCUT2D eigenvalue weighted by Gasteiger charge is 2.26. The van der Waals surface area contributed by atoms with Crippen molar-refractivity contribution < 1.29 is 4.79 Å². The van der Waals surface area contributed by atoms with E-state index < -0.39 is 0 Å². The molecule has 1 atom stereocenters. The van der Waals surface area contributed by atoms with Gasteiger partial charge in [0, 0.05) is 38.4 Å². The van der Waals surface area contributed by atoms with Crippen LogP contribution < -0.4 is 10.2 Å². The molecule has 3 aromatic rings. The lowest BCUT2D eigenvalue weighted by Crippen LogP contribution is -2.50. The lowest BCUT2D eigenvalue weighted by Gasteiger charge is -2.37. The number of rotatable bonds is 7. The fraction of sp³-hybridized carbons (Fsp3) is 0.318. The van der Waals surface area contributed by atoms with E-state index in [4.69, 9.17) is 0 Å². The number of carbonyl (C=O) groups is 1. The van der Waals surface area contributed by atoms with Crippen LogP contribution in [0.1, 0.15) is 12.5 Å². The third-order valence-corrected chi connectivity index (χ3v) is 7.08. The van der Waals surface area contributed by atoms with Crippen molar-refractivity contribution >= 4 is 39.8 Å². The minimum absolute atomic E-state index is 0.168. The third kappa shape index (κ3) is 5.31. The fourth-order valence-electron chi connectivity index (χ4n) is 3.38. The van der Waals surface area contributed by atoms with Crippen molar-refractivity contribution in [3.05, 3.63) is 66.2 Å². The van der Waals surface area contributed by atoms with Crippen LogP contribution in [0.5, 0.6) is 0 Å². The Hall–Kier alpha value is -2.58. The molecule has 0 radical (unpaired) electrons. The first-order chi connectivity index (χ1) is 14.7. The molecule has 1 aliphatic heterocycles. The van der Waals surface area contributed by atoms with Crippen LogP contribution in [0.2, 0.25) is 0 Å². The highest BCUT2D eigenvalue weighted by Crippen LogP contribution is 2.30. The molecule has 0 spiro atoms. The van der Waals surface area contributed by atoms with E-state index in [1.54, 1.807) is 0 Å². The second kappa shape index (κ2) is 9.95. The molecule has 1 aromatic heterocycles. The number of hydrogen-bond donors (Lipinski definition) is 1. The molecule has 0 aliphatic carbocycles. The summed E-state index contributed by atoms with van der Waals surface area (Å²) in [6.45, 7) is 5.88. The van der Waals surface area contributed by atoms with Crippen molar-refractivity contribution in [2.75, 3.05) is 36.4 Å². The van der Waals surface area contributed by atoms with Gasteiger partial charge in [-0.25, -0.2) is 0 Å². The van der Waals surface area contributed by atoms with Crippen LogP contribution in [-0.2, 0) is 11.3 Å². The number of amides is 1. The topological polar surface area (TPSA) is 61.4 Å². The average Bonchev–Trinajstić information content (AvgIpc) is 3.26. The summed E-state index contributed by atoms with van der Waals surface area (Å²) in [4.78, 5) is 17.2. The van der Waals surface area contributed by atoms with Gasteiger partial charge in [-0.15, -0.1) is 10.2 Å². The van der Waals surface area contributed by atoms with Crippen molar-refractivity contribution in [1.82, 2.24) is 15.1 Å². The number of piperazine rings is 1. The molecule has 1 amide bonds. The lowest BCUT2D eigenvalue weighted by molar-refractivity contribution is -0.130. The third-order valence-electron chi connectivity index (χ3n) is 5.03. The van der Waals surface area contributed by atoms with Gasteiger partial charge < -0.3 is 15.1 Å². The van der Waals surface area contributed by atoms with Crippen molar-refractivity contribution in [2.24, 2.45) is 0 Å². The van der Waals surface area contributed by atoms with Gasteiger partial charge >= 0.3 is 0 Å². The van der Waals surface area contributed by atoms with Crippen LogP contribution in [0.3, 0.4) is 0 Å². The zero-order chi connectivity index (χ0) is 20.8. The van der Waals surface area contributed by atoms with Gasteiger partial charge in [0.05, 0.1) is 5.25 Å². The van der Waals surface area contributed by atoms with Crippen molar-refractivity contribution in [3.63, 3.8) is 0 Å². The maximum Gasteiger partial charge on any atom is 0.235 e. The van der Waals surface area contributed by atoms with Crippen LogP contribution in [0, 0.1) is 0 Å². The van der Waals surface area contributed by atoms with Gasteiger partial charge in [0.2, 0.25) is 11.0 Å². The maximum atomic E-state index is 12.9. The summed E-state index contributed by atoms with van der Waals surface area (Å²) in [5, 5.41) is 12.3. The van der Waals surface area contributed by atoms with Crippen LogP contribution in [0.15, 0.2) is 65.0 Å². The minimum atomic E-state index is -0.178. The van der Waals surface area contributed by atoms with E-state index in [1.807, 2.05) is 36.1 Å². The lowest BCUT2D eigenvalue weighted by atomic mass is 10.2. The molecule has 156 valence electrons. The van der Waals surface area contributed by atoms with Crippen molar-refractivity contribution in [2.45, 2.75) is 23.1 Å². The Morgan fingerprint density at radius 3 is 2.40 bits per heavy atom.